The van der Waals surface area contributed by atoms with Gasteiger partial charge in [0.15, 0.2) is 0 Å². The first-order chi connectivity index (χ1) is 25.4. The molecule has 1 aliphatic rings. The number of pyridine rings is 1. The molecule has 0 saturated carbocycles. The highest BCUT2D eigenvalue weighted by Crippen LogP contribution is 2.36. The van der Waals surface area contributed by atoms with E-state index >= 15 is 0 Å². The summed E-state index contributed by atoms with van der Waals surface area (Å²) in [4.78, 5) is 14.6. The molecule has 52 heavy (non-hydrogen) atoms. The highest BCUT2D eigenvalue weighted by Gasteiger charge is 2.20. The van der Waals surface area contributed by atoms with Gasteiger partial charge in [0.25, 0.3) is 0 Å². The van der Waals surface area contributed by atoms with Gasteiger partial charge in [-0.3, -0.25) is 4.98 Å². The van der Waals surface area contributed by atoms with Crippen LogP contribution in [0.5, 0.6) is 17.2 Å². The number of aliphatic hydroxyl groups excluding tert-OH is 1. The number of aliphatic hydroxyl groups is 1. The van der Waals surface area contributed by atoms with Crippen molar-refractivity contribution in [2.24, 2.45) is 0 Å². The van der Waals surface area contributed by atoms with E-state index in [4.69, 9.17) is 25.8 Å². The van der Waals surface area contributed by atoms with E-state index in [1.165, 1.54) is 12.5 Å². The van der Waals surface area contributed by atoms with Crippen LogP contribution in [0.1, 0.15) is 51.8 Å². The van der Waals surface area contributed by atoms with Gasteiger partial charge in [0.2, 0.25) is 0 Å². The first kappa shape index (κ1) is 36.7. The van der Waals surface area contributed by atoms with Crippen molar-refractivity contribution >= 4 is 11.6 Å². The molecule has 0 radical (unpaired) electrons. The molecule has 2 N–H and O–H groups in total. The Morgan fingerprint density at radius 1 is 0.846 bits per heavy atom. The number of likely N-dealkylation sites (tertiary alicyclic amines) is 1. The molecule has 6 rings (SSSR count). The van der Waals surface area contributed by atoms with Gasteiger partial charge in [-0.05, 0) is 72.7 Å². The SMILES string of the molecule is Cc1c(COc2cc(OCc3cncc(C#N)c3)c(CNCc3cncnc3)cc2Cl)cccc1-c1cccc(OCCCN2CC[C@@H](O)C2)c1C. The van der Waals surface area contributed by atoms with Gasteiger partial charge in [0.05, 0.1) is 23.3 Å². The molecule has 1 saturated heterocycles. The van der Waals surface area contributed by atoms with Crippen LogP contribution in [0.4, 0.5) is 0 Å². The van der Waals surface area contributed by atoms with Crippen LogP contribution < -0.4 is 19.5 Å². The minimum Gasteiger partial charge on any atom is -0.493 e. The molecule has 2 aromatic heterocycles. The summed E-state index contributed by atoms with van der Waals surface area (Å²) in [6.45, 7) is 9.02. The number of aromatic nitrogens is 3. The van der Waals surface area contributed by atoms with Crippen LogP contribution in [0.15, 0.2) is 85.7 Å². The Morgan fingerprint density at radius 3 is 2.40 bits per heavy atom. The number of nitrogens with one attached hydrogen (secondary N) is 1. The Bertz CT molecular complexity index is 2000. The molecular weight excluding hydrogens is 676 g/mol. The smallest absolute Gasteiger partial charge is 0.142 e. The maximum absolute atomic E-state index is 9.80. The molecule has 3 heterocycles. The Hall–Kier alpha value is -5.05. The van der Waals surface area contributed by atoms with Gasteiger partial charge in [-0.2, -0.15) is 5.26 Å². The summed E-state index contributed by atoms with van der Waals surface area (Å²) in [5.74, 6) is 1.98. The lowest BCUT2D eigenvalue weighted by Gasteiger charge is -2.19. The quantitative estimate of drug-likeness (QED) is 0.103. The van der Waals surface area contributed by atoms with Gasteiger partial charge in [-0.15, -0.1) is 0 Å². The summed E-state index contributed by atoms with van der Waals surface area (Å²) in [6, 6.07) is 20.0. The van der Waals surface area contributed by atoms with Crippen LogP contribution in [0.25, 0.3) is 11.1 Å². The van der Waals surface area contributed by atoms with Crippen LogP contribution in [-0.4, -0.2) is 57.3 Å². The Balaban J connectivity index is 1.15. The molecular formula is C41H43ClN6O4. The van der Waals surface area contributed by atoms with Crippen LogP contribution >= 0.6 is 11.6 Å². The fourth-order valence-corrected chi connectivity index (χ4v) is 6.59. The third-order valence-corrected chi connectivity index (χ3v) is 9.51. The minimum atomic E-state index is -0.203. The lowest BCUT2D eigenvalue weighted by molar-refractivity contribution is 0.173. The summed E-state index contributed by atoms with van der Waals surface area (Å²) < 4.78 is 18.9. The van der Waals surface area contributed by atoms with E-state index in [2.05, 4.69) is 63.3 Å². The molecule has 3 aromatic carbocycles. The maximum Gasteiger partial charge on any atom is 0.142 e. The predicted molar refractivity (Wildman–Crippen MR) is 200 cm³/mol. The second-order valence-electron chi connectivity index (χ2n) is 13.0. The Kier molecular flexibility index (Phi) is 12.7. The van der Waals surface area contributed by atoms with Crippen LogP contribution in [0, 0.1) is 25.2 Å². The lowest BCUT2D eigenvalue weighted by Crippen LogP contribution is -2.24. The maximum atomic E-state index is 9.80. The van der Waals surface area contributed by atoms with Gasteiger partial charge in [0, 0.05) is 80.3 Å². The molecule has 0 spiro atoms. The summed E-state index contributed by atoms with van der Waals surface area (Å²) in [7, 11) is 0. The van der Waals surface area contributed by atoms with E-state index in [0.29, 0.717) is 48.4 Å². The molecule has 0 bridgehead atoms. The van der Waals surface area contributed by atoms with E-state index in [1.807, 2.05) is 30.3 Å². The minimum absolute atomic E-state index is 0.203. The van der Waals surface area contributed by atoms with Crippen molar-refractivity contribution in [2.45, 2.75) is 59.1 Å². The van der Waals surface area contributed by atoms with Gasteiger partial charge in [-0.1, -0.05) is 41.9 Å². The first-order valence-corrected chi connectivity index (χ1v) is 17.8. The molecule has 268 valence electrons. The second-order valence-corrected chi connectivity index (χ2v) is 13.4. The molecule has 1 atom stereocenters. The molecule has 1 fully saturated rings. The lowest BCUT2D eigenvalue weighted by atomic mass is 9.93. The molecule has 11 heteroatoms. The summed E-state index contributed by atoms with van der Waals surface area (Å²) in [6.07, 6.45) is 9.80. The molecule has 0 aliphatic carbocycles. The zero-order valence-corrected chi connectivity index (χ0v) is 30.3. The number of benzene rings is 3. The molecule has 1 aliphatic heterocycles. The number of hydrogen-bond acceptors (Lipinski definition) is 10. The highest BCUT2D eigenvalue weighted by atomic mass is 35.5. The van der Waals surface area contributed by atoms with Crippen LogP contribution in [0.3, 0.4) is 0 Å². The number of β-amino-alcohol motifs (C(OH)–C–C–N with tert-alkyl or cyclic N) is 1. The number of ether oxygens (including phenoxy) is 3. The highest BCUT2D eigenvalue weighted by molar-refractivity contribution is 6.32. The van der Waals surface area contributed by atoms with Crippen LogP contribution in [-0.2, 0) is 26.3 Å². The Morgan fingerprint density at radius 2 is 1.62 bits per heavy atom. The van der Waals surface area contributed by atoms with Gasteiger partial charge < -0.3 is 29.5 Å². The van der Waals surface area contributed by atoms with Crippen molar-refractivity contribution in [3.8, 4) is 34.4 Å². The van der Waals surface area contributed by atoms with E-state index in [0.717, 1.165) is 82.7 Å². The van der Waals surface area contributed by atoms with E-state index < -0.39 is 0 Å². The fourth-order valence-electron chi connectivity index (χ4n) is 6.35. The van der Waals surface area contributed by atoms with Crippen molar-refractivity contribution in [3.05, 3.63) is 130 Å². The van der Waals surface area contributed by atoms with Crippen molar-refractivity contribution in [1.29, 1.82) is 5.26 Å². The van der Waals surface area contributed by atoms with E-state index in [1.54, 1.807) is 24.7 Å². The zero-order valence-electron chi connectivity index (χ0n) is 29.5. The molecule has 10 nitrogen and oxygen atoms in total. The monoisotopic (exact) mass is 718 g/mol. The summed E-state index contributed by atoms with van der Waals surface area (Å²) in [5, 5.41) is 23.0. The molecule has 0 unspecified atom stereocenters. The number of hydrogen-bond donors (Lipinski definition) is 2. The number of halogens is 1. The van der Waals surface area contributed by atoms with Gasteiger partial charge in [-0.25, -0.2) is 9.97 Å². The topological polar surface area (TPSA) is 126 Å². The Labute approximate surface area is 310 Å². The van der Waals surface area contributed by atoms with E-state index in [9.17, 15) is 10.4 Å². The number of nitrogens with zero attached hydrogens (tertiary/aromatic N) is 5. The second kappa shape index (κ2) is 17.9. The third-order valence-electron chi connectivity index (χ3n) is 9.22. The third kappa shape index (κ3) is 9.63. The van der Waals surface area contributed by atoms with Crippen molar-refractivity contribution in [1.82, 2.24) is 25.2 Å². The van der Waals surface area contributed by atoms with Gasteiger partial charge in [0.1, 0.15) is 42.9 Å². The van der Waals surface area contributed by atoms with Gasteiger partial charge >= 0.3 is 0 Å². The summed E-state index contributed by atoms with van der Waals surface area (Å²) >= 11 is 6.82. The molecule has 0 amide bonds. The van der Waals surface area contributed by atoms with Crippen molar-refractivity contribution < 1.29 is 19.3 Å². The predicted octanol–water partition coefficient (Wildman–Crippen LogP) is 6.96. The van der Waals surface area contributed by atoms with Crippen molar-refractivity contribution in [2.75, 3.05) is 26.2 Å². The average Bonchev–Trinajstić information content (AvgIpc) is 3.58. The number of rotatable bonds is 16. The molecule has 5 aromatic rings. The first-order valence-electron chi connectivity index (χ1n) is 17.5. The largest absolute Gasteiger partial charge is 0.493 e. The average molecular weight is 719 g/mol. The van der Waals surface area contributed by atoms with Crippen LogP contribution in [0.2, 0.25) is 5.02 Å². The number of nitriles is 1. The standard InChI is InChI=1S/C41H43ClN6O4/c1-28-33(6-3-7-36(28)37-8-4-9-39(29(37)2)50-13-5-11-48-12-10-35(49)24-48)26-52-41-16-40(51-25-31-14-30(17-43)18-44-19-31)34(15-38(41)42)23-45-20-32-21-46-27-47-22-32/h3-4,6-9,14-16,18-19,21-22,27,35,45,49H,5,10-13,20,23-26H2,1-2H3/t35-/m1/s1. The fraction of sp³-hybridized carbons (Fsp3) is 0.317. The van der Waals surface area contributed by atoms with E-state index in [-0.39, 0.29) is 12.7 Å². The normalized spacial score (nSPS) is 14.2. The van der Waals surface area contributed by atoms with Crippen molar-refractivity contribution in [3.63, 3.8) is 0 Å². The summed E-state index contributed by atoms with van der Waals surface area (Å²) in [5.41, 5.74) is 8.51. The zero-order chi connectivity index (χ0) is 36.3.